The number of rotatable bonds is 3. The van der Waals surface area contributed by atoms with E-state index in [1.807, 2.05) is 6.08 Å². The molecule has 0 fully saturated rings. The van der Waals surface area contributed by atoms with Crippen molar-refractivity contribution in [1.82, 2.24) is 0 Å². The SMILES string of the molecule is C=CCc1ccc(Br)cc1CBr. The van der Waals surface area contributed by atoms with Gasteiger partial charge in [0, 0.05) is 9.80 Å². The molecule has 1 aromatic rings. The van der Waals surface area contributed by atoms with Gasteiger partial charge in [-0.1, -0.05) is 44.0 Å². The quantitative estimate of drug-likeness (QED) is 0.581. The van der Waals surface area contributed by atoms with Crippen molar-refractivity contribution in [2.45, 2.75) is 11.8 Å². The molecule has 0 radical (unpaired) electrons. The summed E-state index contributed by atoms with van der Waals surface area (Å²) in [5, 5.41) is 0.898. The first-order valence-electron chi connectivity index (χ1n) is 3.72. The van der Waals surface area contributed by atoms with Crippen LogP contribution in [0.3, 0.4) is 0 Å². The van der Waals surface area contributed by atoms with E-state index in [1.54, 1.807) is 0 Å². The second-order valence-electron chi connectivity index (χ2n) is 2.54. The molecule has 0 atom stereocenters. The number of benzene rings is 1. The Hall–Kier alpha value is -0.0800. The molecule has 0 unspecified atom stereocenters. The van der Waals surface area contributed by atoms with Gasteiger partial charge in [0.2, 0.25) is 0 Å². The van der Waals surface area contributed by atoms with Crippen molar-refractivity contribution in [3.63, 3.8) is 0 Å². The van der Waals surface area contributed by atoms with Gasteiger partial charge in [-0.25, -0.2) is 0 Å². The van der Waals surface area contributed by atoms with E-state index in [0.717, 1.165) is 16.2 Å². The molecule has 0 bridgehead atoms. The van der Waals surface area contributed by atoms with Crippen molar-refractivity contribution in [2.75, 3.05) is 0 Å². The molecule has 0 spiro atoms. The maximum absolute atomic E-state index is 3.73. The first kappa shape index (κ1) is 10.0. The number of alkyl halides is 1. The van der Waals surface area contributed by atoms with E-state index < -0.39 is 0 Å². The Balaban J connectivity index is 3.01. The Bertz CT molecular complexity index is 279. The van der Waals surface area contributed by atoms with Gasteiger partial charge < -0.3 is 0 Å². The molecule has 0 aliphatic carbocycles. The van der Waals surface area contributed by atoms with Crippen molar-refractivity contribution >= 4 is 31.9 Å². The minimum Gasteiger partial charge on any atom is -0.103 e. The average molecular weight is 290 g/mol. The van der Waals surface area contributed by atoms with Crippen LogP contribution in [0, 0.1) is 0 Å². The summed E-state index contributed by atoms with van der Waals surface area (Å²) in [6, 6.07) is 6.32. The molecule has 0 saturated heterocycles. The van der Waals surface area contributed by atoms with Crippen molar-refractivity contribution in [2.24, 2.45) is 0 Å². The van der Waals surface area contributed by atoms with Crippen molar-refractivity contribution < 1.29 is 0 Å². The van der Waals surface area contributed by atoms with Crippen LogP contribution in [0.15, 0.2) is 35.3 Å². The monoisotopic (exact) mass is 288 g/mol. The van der Waals surface area contributed by atoms with E-state index in [0.29, 0.717) is 0 Å². The summed E-state index contributed by atoms with van der Waals surface area (Å²) in [5.41, 5.74) is 2.66. The van der Waals surface area contributed by atoms with E-state index in [9.17, 15) is 0 Å². The molecular formula is C10H10Br2. The lowest BCUT2D eigenvalue weighted by molar-refractivity contribution is 1.20. The molecule has 0 aliphatic heterocycles. The molecule has 0 heterocycles. The third-order valence-corrected chi connectivity index (χ3v) is 2.77. The number of allylic oxidation sites excluding steroid dienone is 1. The number of halogens is 2. The molecule has 1 rings (SSSR count). The normalized spacial score (nSPS) is 9.83. The van der Waals surface area contributed by atoms with E-state index in [4.69, 9.17) is 0 Å². The van der Waals surface area contributed by atoms with Crippen LogP contribution in [-0.2, 0) is 11.8 Å². The van der Waals surface area contributed by atoms with Gasteiger partial charge in [-0.15, -0.1) is 6.58 Å². The smallest absolute Gasteiger partial charge is 0.0286 e. The summed E-state index contributed by atoms with van der Waals surface area (Å²) < 4.78 is 1.13. The predicted octanol–water partition coefficient (Wildman–Crippen LogP) is 4.07. The van der Waals surface area contributed by atoms with E-state index in [1.165, 1.54) is 11.1 Å². The fourth-order valence-corrected chi connectivity index (χ4v) is 2.00. The average Bonchev–Trinajstić information content (AvgIpc) is 2.08. The van der Waals surface area contributed by atoms with Gasteiger partial charge in [-0.2, -0.15) is 0 Å². The third kappa shape index (κ3) is 2.46. The Morgan fingerprint density at radius 3 is 2.67 bits per heavy atom. The molecule has 0 N–H and O–H groups in total. The van der Waals surface area contributed by atoms with Crippen LogP contribution in [0.5, 0.6) is 0 Å². The Labute approximate surface area is 89.9 Å². The van der Waals surface area contributed by atoms with Crippen molar-refractivity contribution in [1.29, 1.82) is 0 Å². The van der Waals surface area contributed by atoms with Crippen LogP contribution >= 0.6 is 31.9 Å². The summed E-state index contributed by atoms with van der Waals surface area (Å²) in [7, 11) is 0. The largest absolute Gasteiger partial charge is 0.103 e. The summed E-state index contributed by atoms with van der Waals surface area (Å²) in [6.45, 7) is 3.73. The molecule has 0 aliphatic rings. The fourth-order valence-electron chi connectivity index (χ4n) is 1.07. The van der Waals surface area contributed by atoms with Crippen LogP contribution in [0.4, 0.5) is 0 Å². The first-order chi connectivity index (χ1) is 5.77. The molecule has 2 heteroatoms. The van der Waals surface area contributed by atoms with Gasteiger partial charge in [0.25, 0.3) is 0 Å². The van der Waals surface area contributed by atoms with Crippen LogP contribution in [0.25, 0.3) is 0 Å². The van der Waals surface area contributed by atoms with Gasteiger partial charge in [-0.05, 0) is 29.7 Å². The summed E-state index contributed by atoms with van der Waals surface area (Å²) in [6.07, 6.45) is 2.86. The van der Waals surface area contributed by atoms with Gasteiger partial charge in [0.05, 0.1) is 0 Å². The molecule has 1 aromatic carbocycles. The minimum absolute atomic E-state index is 0.898. The van der Waals surface area contributed by atoms with E-state index in [-0.39, 0.29) is 0 Å². The predicted molar refractivity (Wildman–Crippen MR) is 60.7 cm³/mol. The molecule has 0 amide bonds. The zero-order valence-corrected chi connectivity index (χ0v) is 9.86. The highest BCUT2D eigenvalue weighted by molar-refractivity contribution is 9.10. The molecule has 64 valence electrons. The van der Waals surface area contributed by atoms with Gasteiger partial charge in [-0.3, -0.25) is 0 Å². The van der Waals surface area contributed by atoms with Crippen LogP contribution < -0.4 is 0 Å². The highest BCUT2D eigenvalue weighted by atomic mass is 79.9. The highest BCUT2D eigenvalue weighted by Gasteiger charge is 1.99. The molecule has 12 heavy (non-hydrogen) atoms. The third-order valence-electron chi connectivity index (χ3n) is 1.68. The van der Waals surface area contributed by atoms with Crippen molar-refractivity contribution in [3.8, 4) is 0 Å². The first-order valence-corrected chi connectivity index (χ1v) is 5.63. The lowest BCUT2D eigenvalue weighted by Crippen LogP contribution is -1.88. The van der Waals surface area contributed by atoms with E-state index in [2.05, 4.69) is 56.6 Å². The molecule has 0 saturated carbocycles. The maximum Gasteiger partial charge on any atom is 0.0286 e. The van der Waals surface area contributed by atoms with Gasteiger partial charge >= 0.3 is 0 Å². The zero-order chi connectivity index (χ0) is 8.97. The highest BCUT2D eigenvalue weighted by Crippen LogP contribution is 2.19. The van der Waals surface area contributed by atoms with Crippen LogP contribution in [0.2, 0.25) is 0 Å². The Kier molecular flexibility index (Phi) is 4.02. The maximum atomic E-state index is 3.73. The Morgan fingerprint density at radius 1 is 1.33 bits per heavy atom. The van der Waals surface area contributed by atoms with Gasteiger partial charge in [0.1, 0.15) is 0 Å². The zero-order valence-electron chi connectivity index (χ0n) is 6.69. The topological polar surface area (TPSA) is 0 Å². The van der Waals surface area contributed by atoms with Crippen LogP contribution in [0.1, 0.15) is 11.1 Å². The lowest BCUT2D eigenvalue weighted by atomic mass is 10.1. The standard InChI is InChI=1S/C10H10Br2/c1-2-3-8-4-5-10(12)6-9(8)7-11/h2,4-6H,1,3,7H2. The summed E-state index contributed by atoms with van der Waals surface area (Å²) in [5.74, 6) is 0. The minimum atomic E-state index is 0.898. The fraction of sp³-hybridized carbons (Fsp3) is 0.200. The summed E-state index contributed by atoms with van der Waals surface area (Å²) in [4.78, 5) is 0. The molecule has 0 nitrogen and oxygen atoms in total. The Morgan fingerprint density at radius 2 is 2.08 bits per heavy atom. The number of hydrogen-bond donors (Lipinski definition) is 0. The van der Waals surface area contributed by atoms with Gasteiger partial charge in [0.15, 0.2) is 0 Å². The van der Waals surface area contributed by atoms with Crippen molar-refractivity contribution in [3.05, 3.63) is 46.5 Å². The van der Waals surface area contributed by atoms with Crippen LogP contribution in [-0.4, -0.2) is 0 Å². The van der Waals surface area contributed by atoms with E-state index >= 15 is 0 Å². The lowest BCUT2D eigenvalue weighted by Gasteiger charge is -2.04. The molecule has 0 aromatic heterocycles. The number of hydrogen-bond acceptors (Lipinski definition) is 0. The summed E-state index contributed by atoms with van der Waals surface area (Å²) >= 11 is 6.90. The molecular weight excluding hydrogens is 280 g/mol. The second kappa shape index (κ2) is 4.83. The second-order valence-corrected chi connectivity index (χ2v) is 4.02.